The zero-order valence-corrected chi connectivity index (χ0v) is 16.1. The van der Waals surface area contributed by atoms with Crippen LogP contribution in [0.4, 0.5) is 10.8 Å². The number of carboxylic acid groups (broad SMARTS) is 1. The normalized spacial score (nSPS) is 10.6. The van der Waals surface area contributed by atoms with E-state index in [0.29, 0.717) is 17.9 Å². The van der Waals surface area contributed by atoms with Crippen molar-refractivity contribution in [2.75, 3.05) is 24.3 Å². The molecule has 8 heteroatoms. The van der Waals surface area contributed by atoms with Crippen molar-refractivity contribution in [1.29, 1.82) is 0 Å². The van der Waals surface area contributed by atoms with Gasteiger partial charge in [-0.3, -0.25) is 4.79 Å². The third-order valence-corrected chi connectivity index (χ3v) is 4.97. The van der Waals surface area contributed by atoms with Crippen molar-refractivity contribution in [1.82, 2.24) is 9.55 Å². The molecule has 3 aromatic rings. The van der Waals surface area contributed by atoms with Crippen LogP contribution in [0.25, 0.3) is 0 Å². The maximum atomic E-state index is 12.7. The summed E-state index contributed by atoms with van der Waals surface area (Å²) < 4.78 is 1.87. The van der Waals surface area contributed by atoms with Gasteiger partial charge in [0.15, 0.2) is 5.13 Å². The number of carboxylic acids is 1. The highest BCUT2D eigenvalue weighted by Gasteiger charge is 2.15. The third-order valence-electron chi connectivity index (χ3n) is 3.91. The number of anilines is 2. The smallest absolute Gasteiger partial charge is 0.335 e. The average Bonchev–Trinajstić information content (AvgIpc) is 3.22. The van der Waals surface area contributed by atoms with Crippen LogP contribution in [0.1, 0.15) is 32.1 Å². The van der Waals surface area contributed by atoms with E-state index in [1.807, 2.05) is 48.1 Å². The number of carbonyl (C=O) groups is 2. The lowest BCUT2D eigenvalue weighted by molar-refractivity contribution is 0.0696. The molecule has 0 spiro atoms. The van der Waals surface area contributed by atoms with E-state index in [2.05, 4.69) is 10.3 Å². The predicted octanol–water partition coefficient (Wildman–Crippen LogP) is 3.32. The summed E-state index contributed by atoms with van der Waals surface area (Å²) in [5.74, 6) is -1.26. The van der Waals surface area contributed by atoms with Gasteiger partial charge in [0.1, 0.15) is 5.69 Å². The van der Waals surface area contributed by atoms with Gasteiger partial charge in [-0.05, 0) is 42.8 Å². The van der Waals surface area contributed by atoms with E-state index in [1.165, 1.54) is 12.1 Å². The molecule has 0 aliphatic rings. The van der Waals surface area contributed by atoms with Gasteiger partial charge in [0.2, 0.25) is 0 Å². The fourth-order valence-corrected chi connectivity index (χ4v) is 3.37. The third kappa shape index (κ3) is 4.35. The number of aromatic nitrogens is 2. The number of benzene rings is 1. The summed E-state index contributed by atoms with van der Waals surface area (Å²) in [4.78, 5) is 30.1. The minimum atomic E-state index is -1.00. The molecular formula is C19H20N4O3S. The second kappa shape index (κ2) is 7.63. The Balaban J connectivity index is 1.77. The van der Waals surface area contributed by atoms with Crippen LogP contribution in [-0.4, -0.2) is 40.6 Å². The van der Waals surface area contributed by atoms with E-state index in [0.717, 1.165) is 16.4 Å². The number of amides is 1. The van der Waals surface area contributed by atoms with Gasteiger partial charge < -0.3 is 19.9 Å². The molecule has 27 heavy (non-hydrogen) atoms. The van der Waals surface area contributed by atoms with Crippen LogP contribution in [0, 0.1) is 6.92 Å². The molecule has 0 atom stereocenters. The molecule has 1 aromatic carbocycles. The highest BCUT2D eigenvalue weighted by atomic mass is 32.1. The summed E-state index contributed by atoms with van der Waals surface area (Å²) in [6.45, 7) is 2.43. The molecular weight excluding hydrogens is 364 g/mol. The van der Waals surface area contributed by atoms with Crippen molar-refractivity contribution >= 4 is 34.0 Å². The Hall–Kier alpha value is -3.13. The molecule has 2 aromatic heterocycles. The number of nitrogens with zero attached hydrogens (tertiary/aromatic N) is 3. The summed E-state index contributed by atoms with van der Waals surface area (Å²) >= 11 is 1.56. The van der Waals surface area contributed by atoms with Gasteiger partial charge in [-0.25, -0.2) is 9.78 Å². The lowest BCUT2D eigenvalue weighted by Gasteiger charge is -2.09. The molecule has 0 aliphatic heterocycles. The molecule has 3 rings (SSSR count). The van der Waals surface area contributed by atoms with Crippen molar-refractivity contribution in [3.63, 3.8) is 0 Å². The molecule has 0 fully saturated rings. The number of aryl methyl sites for hydroxylation is 1. The first-order valence-electron chi connectivity index (χ1n) is 8.26. The van der Waals surface area contributed by atoms with Gasteiger partial charge in [-0.1, -0.05) is 0 Å². The first kappa shape index (κ1) is 18.7. The molecule has 2 heterocycles. The molecule has 0 radical (unpaired) electrons. The Bertz CT molecular complexity index is 973. The lowest BCUT2D eigenvalue weighted by Crippen LogP contribution is -2.17. The summed E-state index contributed by atoms with van der Waals surface area (Å²) in [5, 5.41) is 14.7. The maximum Gasteiger partial charge on any atom is 0.335 e. The molecule has 0 bridgehead atoms. The van der Waals surface area contributed by atoms with Gasteiger partial charge in [0.05, 0.1) is 17.8 Å². The number of rotatable bonds is 6. The monoisotopic (exact) mass is 384 g/mol. The molecule has 2 N–H and O–H groups in total. The van der Waals surface area contributed by atoms with Crippen LogP contribution in [-0.2, 0) is 6.54 Å². The zero-order valence-electron chi connectivity index (χ0n) is 15.3. The first-order valence-corrected chi connectivity index (χ1v) is 9.14. The van der Waals surface area contributed by atoms with Crippen molar-refractivity contribution < 1.29 is 14.7 Å². The van der Waals surface area contributed by atoms with Gasteiger partial charge in [0, 0.05) is 31.4 Å². The van der Waals surface area contributed by atoms with Gasteiger partial charge in [-0.15, -0.1) is 11.3 Å². The molecule has 0 saturated heterocycles. The Morgan fingerprint density at radius 2 is 1.96 bits per heavy atom. The Kier molecular flexibility index (Phi) is 5.27. The van der Waals surface area contributed by atoms with E-state index in [-0.39, 0.29) is 11.5 Å². The Morgan fingerprint density at radius 3 is 2.56 bits per heavy atom. The van der Waals surface area contributed by atoms with Gasteiger partial charge >= 0.3 is 5.97 Å². The molecule has 140 valence electrons. The van der Waals surface area contributed by atoms with E-state index in [1.54, 1.807) is 23.5 Å². The van der Waals surface area contributed by atoms with Crippen LogP contribution in [0.5, 0.6) is 0 Å². The molecule has 1 amide bonds. The molecule has 7 nitrogen and oxygen atoms in total. The van der Waals surface area contributed by atoms with Crippen LogP contribution >= 0.6 is 11.3 Å². The fourth-order valence-electron chi connectivity index (χ4n) is 2.62. The van der Waals surface area contributed by atoms with Crippen LogP contribution in [0.15, 0.2) is 41.9 Å². The zero-order chi connectivity index (χ0) is 19.6. The topological polar surface area (TPSA) is 87.5 Å². The van der Waals surface area contributed by atoms with Crippen molar-refractivity contribution in [2.45, 2.75) is 13.5 Å². The van der Waals surface area contributed by atoms with Crippen molar-refractivity contribution in [2.24, 2.45) is 0 Å². The van der Waals surface area contributed by atoms with E-state index in [9.17, 15) is 9.59 Å². The molecule has 0 aliphatic carbocycles. The lowest BCUT2D eigenvalue weighted by atomic mass is 10.2. The number of thiazole rings is 1. The standard InChI is InChI=1S/C19H20N4O3S/c1-12-8-16(17(24)20-14-6-4-13(5-7-14)18(25)26)23(9-12)10-15-11-27-19(21-15)22(2)3/h4-9,11H,10H2,1-3H3,(H,20,24)(H,25,26). The predicted molar refractivity (Wildman–Crippen MR) is 106 cm³/mol. The second-order valence-corrected chi connectivity index (χ2v) is 7.22. The van der Waals surface area contributed by atoms with Crippen molar-refractivity contribution in [3.05, 3.63) is 64.4 Å². The second-order valence-electron chi connectivity index (χ2n) is 6.38. The van der Waals surface area contributed by atoms with Crippen LogP contribution < -0.4 is 10.2 Å². The minimum Gasteiger partial charge on any atom is -0.478 e. The highest BCUT2D eigenvalue weighted by molar-refractivity contribution is 7.13. The minimum absolute atomic E-state index is 0.174. The summed E-state index contributed by atoms with van der Waals surface area (Å²) in [7, 11) is 3.88. The summed E-state index contributed by atoms with van der Waals surface area (Å²) in [6, 6.07) is 7.89. The summed E-state index contributed by atoms with van der Waals surface area (Å²) in [6.07, 6.45) is 1.91. The number of nitrogens with one attached hydrogen (secondary N) is 1. The van der Waals surface area contributed by atoms with E-state index >= 15 is 0 Å². The number of aromatic carboxylic acids is 1. The number of carbonyl (C=O) groups excluding carboxylic acids is 1. The van der Waals surface area contributed by atoms with Crippen LogP contribution in [0.3, 0.4) is 0 Å². The molecule has 0 saturated carbocycles. The van der Waals surface area contributed by atoms with Crippen LogP contribution in [0.2, 0.25) is 0 Å². The fraction of sp³-hybridized carbons (Fsp3) is 0.211. The quantitative estimate of drug-likeness (QED) is 0.681. The largest absolute Gasteiger partial charge is 0.478 e. The maximum absolute atomic E-state index is 12.7. The number of hydrogen-bond donors (Lipinski definition) is 2. The van der Waals surface area contributed by atoms with Crippen molar-refractivity contribution in [3.8, 4) is 0 Å². The summed E-state index contributed by atoms with van der Waals surface area (Å²) in [5.41, 5.74) is 3.10. The van der Waals surface area contributed by atoms with E-state index in [4.69, 9.17) is 5.11 Å². The average molecular weight is 384 g/mol. The Morgan fingerprint density at radius 1 is 1.26 bits per heavy atom. The SMILES string of the molecule is Cc1cc(C(=O)Nc2ccc(C(=O)O)cc2)n(Cc2csc(N(C)C)n2)c1. The highest BCUT2D eigenvalue weighted by Crippen LogP contribution is 2.20. The molecule has 0 unspecified atom stereocenters. The van der Waals surface area contributed by atoms with Gasteiger partial charge in [-0.2, -0.15) is 0 Å². The van der Waals surface area contributed by atoms with Gasteiger partial charge in [0.25, 0.3) is 5.91 Å². The first-order chi connectivity index (χ1) is 12.8. The Labute approximate surface area is 160 Å². The number of hydrogen-bond acceptors (Lipinski definition) is 5. The van der Waals surface area contributed by atoms with E-state index < -0.39 is 5.97 Å².